The number of anilines is 1. The smallest absolute Gasteiger partial charge is 0.325 e. The van der Waals surface area contributed by atoms with E-state index in [2.05, 4.69) is 16.9 Å². The number of nitrogens with zero attached hydrogens (tertiary/aromatic N) is 4. The Bertz CT molecular complexity index is 1220. The first-order valence-corrected chi connectivity index (χ1v) is 9.99. The number of fused-ring (bicyclic) bond motifs is 1. The number of allylic oxidation sites excluding steroid dienone is 1. The second-order valence-corrected chi connectivity index (χ2v) is 7.83. The second kappa shape index (κ2) is 8.12. The Labute approximate surface area is 171 Å². The lowest BCUT2D eigenvalue weighted by molar-refractivity contribution is -0.113. The fraction of sp³-hybridized carbons (Fsp3) is 0.300. The van der Waals surface area contributed by atoms with Gasteiger partial charge < -0.3 is 9.88 Å². The summed E-state index contributed by atoms with van der Waals surface area (Å²) in [4.78, 5) is 41.7. The molecule has 9 heteroatoms. The Balaban J connectivity index is 1.90. The van der Waals surface area contributed by atoms with Crippen molar-refractivity contribution in [3.05, 3.63) is 62.8 Å². The number of hydrogen-bond acceptors (Lipinski definition) is 5. The summed E-state index contributed by atoms with van der Waals surface area (Å²) in [6.45, 7) is 8.01. The van der Waals surface area contributed by atoms with Gasteiger partial charge in [0.25, 0.3) is 5.56 Å². The summed E-state index contributed by atoms with van der Waals surface area (Å²) in [5.74, 6) is -0.0687. The maximum absolute atomic E-state index is 12.6. The quantitative estimate of drug-likeness (QED) is 0.493. The molecule has 1 amide bonds. The minimum absolute atomic E-state index is 0.113. The third-order valence-electron chi connectivity index (χ3n) is 4.46. The van der Waals surface area contributed by atoms with Crippen LogP contribution in [0.3, 0.4) is 0 Å². The van der Waals surface area contributed by atoms with Crippen LogP contribution in [0.15, 0.2) is 45.6 Å². The summed E-state index contributed by atoms with van der Waals surface area (Å²) in [5.41, 5.74) is 2.60. The van der Waals surface area contributed by atoms with E-state index < -0.39 is 11.2 Å². The molecule has 2 heterocycles. The van der Waals surface area contributed by atoms with Crippen molar-refractivity contribution in [2.75, 3.05) is 11.1 Å². The van der Waals surface area contributed by atoms with Gasteiger partial charge in [-0.1, -0.05) is 23.9 Å². The zero-order valence-corrected chi connectivity index (χ0v) is 17.7. The standard InChI is InChI=1S/C20H23N5O3S/c1-6-7-25-16-17(23(4)20(28)24(5)18(16)27)22-19(25)29-11-15(26)21-14-9-12(2)8-13(3)10-14/h6,8-10H,1,7,11H2,2-5H3,(H,21,26). The van der Waals surface area contributed by atoms with Gasteiger partial charge in [0.05, 0.1) is 5.75 Å². The Morgan fingerprint density at radius 2 is 1.83 bits per heavy atom. The van der Waals surface area contributed by atoms with E-state index in [-0.39, 0.29) is 17.3 Å². The van der Waals surface area contributed by atoms with Crippen LogP contribution >= 0.6 is 11.8 Å². The van der Waals surface area contributed by atoms with Crippen molar-refractivity contribution < 1.29 is 4.79 Å². The molecule has 0 saturated heterocycles. The lowest BCUT2D eigenvalue weighted by Gasteiger charge is -2.08. The number of hydrogen-bond donors (Lipinski definition) is 1. The van der Waals surface area contributed by atoms with Crippen LogP contribution in [0.25, 0.3) is 11.2 Å². The van der Waals surface area contributed by atoms with Gasteiger partial charge in [-0.25, -0.2) is 9.78 Å². The van der Waals surface area contributed by atoms with Crippen LogP contribution in [0.2, 0.25) is 0 Å². The highest BCUT2D eigenvalue weighted by Crippen LogP contribution is 2.22. The zero-order chi connectivity index (χ0) is 21.3. The summed E-state index contributed by atoms with van der Waals surface area (Å²) in [7, 11) is 3.00. The average molecular weight is 414 g/mol. The van der Waals surface area contributed by atoms with Crippen molar-refractivity contribution in [2.24, 2.45) is 14.1 Å². The highest BCUT2D eigenvalue weighted by atomic mass is 32.2. The van der Waals surface area contributed by atoms with Crippen molar-refractivity contribution in [2.45, 2.75) is 25.5 Å². The van der Waals surface area contributed by atoms with Crippen LogP contribution in [0.4, 0.5) is 5.69 Å². The Morgan fingerprint density at radius 3 is 2.45 bits per heavy atom. The molecule has 0 fully saturated rings. The first-order valence-electron chi connectivity index (χ1n) is 9.01. The highest BCUT2D eigenvalue weighted by molar-refractivity contribution is 7.99. The van der Waals surface area contributed by atoms with Gasteiger partial charge in [-0.15, -0.1) is 6.58 Å². The number of nitrogens with one attached hydrogen (secondary N) is 1. The molecule has 29 heavy (non-hydrogen) atoms. The third-order valence-corrected chi connectivity index (χ3v) is 5.44. The molecule has 0 radical (unpaired) electrons. The van der Waals surface area contributed by atoms with Gasteiger partial charge in [0.15, 0.2) is 16.3 Å². The van der Waals surface area contributed by atoms with E-state index in [0.29, 0.717) is 17.2 Å². The summed E-state index contributed by atoms with van der Waals surface area (Å²) >= 11 is 1.21. The zero-order valence-electron chi connectivity index (χ0n) is 16.9. The van der Waals surface area contributed by atoms with Crippen LogP contribution in [0.1, 0.15) is 11.1 Å². The number of aryl methyl sites for hydroxylation is 3. The molecular formula is C20H23N5O3S. The molecule has 8 nitrogen and oxygen atoms in total. The second-order valence-electron chi connectivity index (χ2n) is 6.88. The van der Waals surface area contributed by atoms with Crippen molar-refractivity contribution in [1.82, 2.24) is 18.7 Å². The number of aromatic nitrogens is 4. The van der Waals surface area contributed by atoms with Crippen molar-refractivity contribution in [3.63, 3.8) is 0 Å². The first-order chi connectivity index (χ1) is 13.7. The van der Waals surface area contributed by atoms with Crippen LogP contribution < -0.4 is 16.6 Å². The van der Waals surface area contributed by atoms with Gasteiger partial charge in [-0.05, 0) is 37.1 Å². The predicted octanol–water partition coefficient (Wildman–Crippen LogP) is 1.97. The van der Waals surface area contributed by atoms with Crippen molar-refractivity contribution >= 4 is 34.5 Å². The molecule has 1 N–H and O–H groups in total. The van der Waals surface area contributed by atoms with E-state index in [9.17, 15) is 14.4 Å². The number of benzene rings is 1. The maximum atomic E-state index is 12.6. The first kappa shape index (κ1) is 20.7. The minimum Gasteiger partial charge on any atom is -0.325 e. The highest BCUT2D eigenvalue weighted by Gasteiger charge is 2.19. The van der Waals surface area contributed by atoms with E-state index in [1.165, 1.54) is 23.4 Å². The van der Waals surface area contributed by atoms with E-state index in [4.69, 9.17) is 0 Å². The molecule has 0 saturated carbocycles. The van der Waals surface area contributed by atoms with Gasteiger partial charge in [0.1, 0.15) is 0 Å². The largest absolute Gasteiger partial charge is 0.332 e. The van der Waals surface area contributed by atoms with E-state index >= 15 is 0 Å². The molecule has 0 unspecified atom stereocenters. The topological polar surface area (TPSA) is 90.9 Å². The summed E-state index contributed by atoms with van der Waals surface area (Å²) < 4.78 is 4.06. The Morgan fingerprint density at radius 1 is 1.17 bits per heavy atom. The third kappa shape index (κ3) is 4.04. The molecule has 0 aliphatic rings. The number of carbonyl (C=O) groups is 1. The average Bonchev–Trinajstić information content (AvgIpc) is 3.01. The van der Waals surface area contributed by atoms with Crippen LogP contribution in [-0.4, -0.2) is 30.3 Å². The van der Waals surface area contributed by atoms with E-state index in [0.717, 1.165) is 21.4 Å². The summed E-state index contributed by atoms with van der Waals surface area (Å²) in [6, 6.07) is 5.84. The monoisotopic (exact) mass is 413 g/mol. The molecule has 3 rings (SSSR count). The number of amides is 1. The lowest BCUT2D eigenvalue weighted by Crippen LogP contribution is -2.37. The molecule has 0 spiro atoms. The van der Waals surface area contributed by atoms with Gasteiger partial charge >= 0.3 is 5.69 Å². The SMILES string of the molecule is C=CCn1c(SCC(=O)Nc2cc(C)cc(C)c2)nc2c1c(=O)n(C)c(=O)n2C. The molecule has 3 aromatic rings. The van der Waals surface area contributed by atoms with Crippen LogP contribution in [0, 0.1) is 13.8 Å². The number of rotatable bonds is 6. The normalized spacial score (nSPS) is 11.0. The molecule has 0 bridgehead atoms. The molecule has 0 atom stereocenters. The van der Waals surface area contributed by atoms with Crippen LogP contribution in [0.5, 0.6) is 0 Å². The van der Waals surface area contributed by atoms with Gasteiger partial charge in [-0.3, -0.25) is 18.7 Å². The number of imidazole rings is 1. The van der Waals surface area contributed by atoms with Crippen molar-refractivity contribution in [1.29, 1.82) is 0 Å². The molecule has 0 aliphatic heterocycles. The minimum atomic E-state index is -0.449. The Kier molecular flexibility index (Phi) is 5.78. The van der Waals surface area contributed by atoms with E-state index in [1.807, 2.05) is 32.0 Å². The van der Waals surface area contributed by atoms with Crippen LogP contribution in [-0.2, 0) is 25.4 Å². The lowest BCUT2D eigenvalue weighted by atomic mass is 10.1. The number of thioether (sulfide) groups is 1. The number of carbonyl (C=O) groups excluding carboxylic acids is 1. The molecule has 1 aromatic carbocycles. The summed E-state index contributed by atoms with van der Waals surface area (Å²) in [6.07, 6.45) is 1.64. The maximum Gasteiger partial charge on any atom is 0.332 e. The molecule has 2 aromatic heterocycles. The van der Waals surface area contributed by atoms with Gasteiger partial charge in [0, 0.05) is 26.3 Å². The fourth-order valence-corrected chi connectivity index (χ4v) is 4.01. The van der Waals surface area contributed by atoms with Gasteiger partial charge in [0.2, 0.25) is 5.91 Å². The predicted molar refractivity (Wildman–Crippen MR) is 116 cm³/mol. The fourth-order valence-electron chi connectivity index (χ4n) is 3.21. The van der Waals surface area contributed by atoms with Gasteiger partial charge in [-0.2, -0.15) is 0 Å². The van der Waals surface area contributed by atoms with E-state index in [1.54, 1.807) is 17.7 Å². The Hall–Kier alpha value is -3.07. The van der Waals surface area contributed by atoms with Crippen molar-refractivity contribution in [3.8, 4) is 0 Å². The summed E-state index contributed by atoms with van der Waals surface area (Å²) in [5, 5.41) is 3.36. The molecular weight excluding hydrogens is 390 g/mol. The molecule has 0 aliphatic carbocycles. The molecule has 152 valence electrons.